The quantitative estimate of drug-likeness (QED) is 0.806. The van der Waals surface area contributed by atoms with E-state index in [1.165, 1.54) is 6.07 Å². The van der Waals surface area contributed by atoms with E-state index in [0.29, 0.717) is 5.56 Å². The Bertz CT molecular complexity index is 377. The van der Waals surface area contributed by atoms with Crippen molar-refractivity contribution in [1.82, 2.24) is 5.32 Å². The highest BCUT2D eigenvalue weighted by atomic mass is 19.4. The molecule has 0 aliphatic heterocycles. The minimum Gasteiger partial charge on any atom is -0.403 e. The van der Waals surface area contributed by atoms with E-state index in [4.69, 9.17) is 5.11 Å². The fourth-order valence-corrected chi connectivity index (χ4v) is 1.30. The second kappa shape index (κ2) is 5.33. The maximum atomic E-state index is 13.3. The zero-order valence-corrected chi connectivity index (χ0v) is 8.88. The molecule has 0 heterocycles. The molecule has 0 fully saturated rings. The summed E-state index contributed by atoms with van der Waals surface area (Å²) in [6.07, 6.45) is -4.93. The molecule has 96 valence electrons. The van der Waals surface area contributed by atoms with E-state index >= 15 is 0 Å². The largest absolute Gasteiger partial charge is 0.573 e. The lowest BCUT2D eigenvalue weighted by molar-refractivity contribution is -0.275. The molecule has 2 N–H and O–H groups in total. The summed E-state index contributed by atoms with van der Waals surface area (Å²) in [6, 6.07) is 2.47. The summed E-state index contributed by atoms with van der Waals surface area (Å²) in [4.78, 5) is 0. The van der Waals surface area contributed by atoms with Gasteiger partial charge in [0, 0.05) is 0 Å². The molecule has 0 aliphatic rings. The summed E-state index contributed by atoms with van der Waals surface area (Å²) in [6.45, 7) is -0.296. The standard InChI is InChI=1S/C10H11F4NO2/c1-15-8(5-16)6-2-3-9(7(11)4-6)17-10(12,13)14/h2-4,8,15-16H,5H2,1H3/t8-/m0/s1. The van der Waals surface area contributed by atoms with Gasteiger partial charge in [0.1, 0.15) is 0 Å². The van der Waals surface area contributed by atoms with Gasteiger partial charge in [0.2, 0.25) is 0 Å². The highest BCUT2D eigenvalue weighted by Gasteiger charge is 2.32. The van der Waals surface area contributed by atoms with E-state index in [2.05, 4.69) is 10.1 Å². The molecule has 0 amide bonds. The highest BCUT2D eigenvalue weighted by molar-refractivity contribution is 5.31. The van der Waals surface area contributed by atoms with Crippen LogP contribution in [0.25, 0.3) is 0 Å². The Morgan fingerprint density at radius 3 is 2.47 bits per heavy atom. The predicted octanol–water partition coefficient (Wildman–Crippen LogP) is 1.98. The zero-order valence-electron chi connectivity index (χ0n) is 8.88. The van der Waals surface area contributed by atoms with Gasteiger partial charge in [-0.15, -0.1) is 13.2 Å². The molecule has 1 atom stereocenters. The molecule has 17 heavy (non-hydrogen) atoms. The lowest BCUT2D eigenvalue weighted by Gasteiger charge is -2.15. The van der Waals surface area contributed by atoms with Crippen LogP contribution in [-0.4, -0.2) is 25.1 Å². The number of ether oxygens (including phenoxy) is 1. The number of aliphatic hydroxyl groups excluding tert-OH is 1. The molecule has 1 rings (SSSR count). The number of nitrogens with one attached hydrogen (secondary N) is 1. The van der Waals surface area contributed by atoms with Crippen LogP contribution in [0.15, 0.2) is 18.2 Å². The van der Waals surface area contributed by atoms with Crippen molar-refractivity contribution in [2.45, 2.75) is 12.4 Å². The number of hydrogen-bond acceptors (Lipinski definition) is 3. The van der Waals surface area contributed by atoms with Gasteiger partial charge in [-0.2, -0.15) is 0 Å². The van der Waals surface area contributed by atoms with E-state index in [-0.39, 0.29) is 6.61 Å². The van der Waals surface area contributed by atoms with Crippen molar-refractivity contribution < 1.29 is 27.4 Å². The Kier molecular flexibility index (Phi) is 4.30. The van der Waals surface area contributed by atoms with Crippen molar-refractivity contribution in [1.29, 1.82) is 0 Å². The second-order valence-electron chi connectivity index (χ2n) is 3.26. The molecule has 7 heteroatoms. The number of alkyl halides is 3. The Hall–Kier alpha value is -1.34. The van der Waals surface area contributed by atoms with Crippen LogP contribution in [0, 0.1) is 5.82 Å². The number of aliphatic hydroxyl groups is 1. The van der Waals surface area contributed by atoms with Crippen LogP contribution in [0.3, 0.4) is 0 Å². The smallest absolute Gasteiger partial charge is 0.403 e. The van der Waals surface area contributed by atoms with Crippen LogP contribution in [-0.2, 0) is 0 Å². The molecule has 0 aromatic heterocycles. The van der Waals surface area contributed by atoms with E-state index in [9.17, 15) is 17.6 Å². The van der Waals surface area contributed by atoms with E-state index in [1.807, 2.05) is 0 Å². The van der Waals surface area contributed by atoms with Gasteiger partial charge in [-0.3, -0.25) is 0 Å². The molecular formula is C10H11F4NO2. The van der Waals surface area contributed by atoms with E-state index in [1.54, 1.807) is 7.05 Å². The van der Waals surface area contributed by atoms with Crippen molar-refractivity contribution >= 4 is 0 Å². The predicted molar refractivity (Wildman–Crippen MR) is 52.0 cm³/mol. The summed E-state index contributed by atoms with van der Waals surface area (Å²) in [5.41, 5.74) is 0.335. The van der Waals surface area contributed by atoms with Crippen LogP contribution in [0.4, 0.5) is 17.6 Å². The number of halogens is 4. The van der Waals surface area contributed by atoms with Crippen molar-refractivity contribution in [3.8, 4) is 5.75 Å². The maximum Gasteiger partial charge on any atom is 0.573 e. The number of hydrogen-bond donors (Lipinski definition) is 2. The topological polar surface area (TPSA) is 41.5 Å². The Balaban J connectivity index is 2.93. The highest BCUT2D eigenvalue weighted by Crippen LogP contribution is 2.27. The first-order chi connectivity index (χ1) is 7.87. The minimum absolute atomic E-state index is 0.296. The summed E-state index contributed by atoms with van der Waals surface area (Å²) in [5.74, 6) is -2.03. The molecule has 1 aromatic carbocycles. The van der Waals surface area contributed by atoms with Crippen molar-refractivity contribution in [2.24, 2.45) is 0 Å². The molecule has 1 aromatic rings. The molecule has 3 nitrogen and oxygen atoms in total. The van der Waals surface area contributed by atoms with Crippen molar-refractivity contribution in [3.63, 3.8) is 0 Å². The monoisotopic (exact) mass is 253 g/mol. The molecule has 0 unspecified atom stereocenters. The Morgan fingerprint density at radius 1 is 1.41 bits per heavy atom. The summed E-state index contributed by atoms with van der Waals surface area (Å²) >= 11 is 0. The van der Waals surface area contributed by atoms with E-state index in [0.717, 1.165) is 12.1 Å². The Morgan fingerprint density at radius 2 is 2.06 bits per heavy atom. The Labute approximate surface area is 95.0 Å². The molecule has 0 saturated carbocycles. The molecular weight excluding hydrogens is 242 g/mol. The SMILES string of the molecule is CN[C@@H](CO)c1ccc(OC(F)(F)F)c(F)c1. The average Bonchev–Trinajstić information content (AvgIpc) is 2.22. The van der Waals surface area contributed by atoms with Crippen molar-refractivity contribution in [2.75, 3.05) is 13.7 Å². The van der Waals surface area contributed by atoms with Gasteiger partial charge >= 0.3 is 6.36 Å². The third-order valence-corrected chi connectivity index (χ3v) is 2.12. The first-order valence-electron chi connectivity index (χ1n) is 4.70. The first kappa shape index (κ1) is 13.7. The zero-order chi connectivity index (χ0) is 13.1. The van der Waals surface area contributed by atoms with Gasteiger partial charge in [0.25, 0.3) is 0 Å². The number of likely N-dealkylation sites (N-methyl/N-ethyl adjacent to an activating group) is 1. The van der Waals surface area contributed by atoms with Crippen LogP contribution in [0.5, 0.6) is 5.75 Å². The van der Waals surface area contributed by atoms with Crippen molar-refractivity contribution in [3.05, 3.63) is 29.6 Å². The van der Waals surface area contributed by atoms with Crippen LogP contribution < -0.4 is 10.1 Å². The fraction of sp³-hybridized carbons (Fsp3) is 0.400. The molecule has 0 spiro atoms. The second-order valence-corrected chi connectivity index (χ2v) is 3.26. The van der Waals surface area contributed by atoms with Crippen LogP contribution >= 0.6 is 0 Å². The summed E-state index contributed by atoms with van der Waals surface area (Å²) < 4.78 is 52.4. The minimum atomic E-state index is -4.93. The molecule has 0 bridgehead atoms. The molecule has 0 saturated heterocycles. The van der Waals surface area contributed by atoms with Gasteiger partial charge in [0.15, 0.2) is 11.6 Å². The first-order valence-corrected chi connectivity index (χ1v) is 4.70. The van der Waals surface area contributed by atoms with Gasteiger partial charge in [0.05, 0.1) is 12.6 Å². The van der Waals surface area contributed by atoms with Gasteiger partial charge in [-0.25, -0.2) is 4.39 Å². The summed E-state index contributed by atoms with van der Waals surface area (Å²) in [7, 11) is 1.54. The summed E-state index contributed by atoms with van der Waals surface area (Å²) in [5, 5.41) is 11.6. The van der Waals surface area contributed by atoms with Crippen LogP contribution in [0.1, 0.15) is 11.6 Å². The average molecular weight is 253 g/mol. The molecule has 0 aliphatic carbocycles. The van der Waals surface area contributed by atoms with Gasteiger partial charge in [-0.1, -0.05) is 6.07 Å². The van der Waals surface area contributed by atoms with Gasteiger partial charge < -0.3 is 15.2 Å². The maximum absolute atomic E-state index is 13.3. The number of rotatable bonds is 4. The third-order valence-electron chi connectivity index (χ3n) is 2.12. The van der Waals surface area contributed by atoms with Gasteiger partial charge in [-0.05, 0) is 24.7 Å². The fourth-order valence-electron chi connectivity index (χ4n) is 1.30. The third kappa shape index (κ3) is 3.86. The van der Waals surface area contributed by atoms with E-state index < -0.39 is 24.0 Å². The number of benzene rings is 1. The lowest BCUT2D eigenvalue weighted by Crippen LogP contribution is -2.21. The van der Waals surface area contributed by atoms with Crippen LogP contribution in [0.2, 0.25) is 0 Å². The lowest BCUT2D eigenvalue weighted by atomic mass is 10.1. The molecule has 0 radical (unpaired) electrons. The normalized spacial score (nSPS) is 13.5.